The number of carbonyl (C=O) groups is 2. The smallest absolute Gasteiger partial charge is 0.317 e. The third-order valence-electron chi connectivity index (χ3n) is 3.49. The number of nitrogens with zero attached hydrogens (tertiary/aromatic N) is 3. The van der Waals surface area contributed by atoms with Crippen molar-refractivity contribution in [2.24, 2.45) is 0 Å². The number of hydrogen-bond donors (Lipinski definition) is 1. The number of carboxylic acids is 1. The van der Waals surface area contributed by atoms with Crippen molar-refractivity contribution in [2.75, 3.05) is 20.6 Å². The van der Waals surface area contributed by atoms with Crippen LogP contribution in [0.15, 0.2) is 24.3 Å². The average molecular weight is 321 g/mol. The molecule has 0 aliphatic carbocycles. The molecule has 118 valence electrons. The number of para-hydroxylation sites is 1. The Hall–Kier alpha value is -1.99. The second kappa shape index (κ2) is 6.85. The maximum Gasteiger partial charge on any atom is 0.317 e. The molecule has 1 N–H and O–H groups in total. The highest BCUT2D eigenvalue weighted by Crippen LogP contribution is 2.22. The molecule has 0 fully saturated rings. The first-order valence-corrected chi connectivity index (χ1v) is 7.71. The minimum Gasteiger partial charge on any atom is -0.480 e. The Balaban J connectivity index is 2.02. The molecule has 6 nitrogen and oxygen atoms in total. The van der Waals surface area contributed by atoms with Crippen molar-refractivity contribution >= 4 is 33.4 Å². The molecule has 7 heteroatoms. The molecule has 1 aromatic heterocycles. The monoisotopic (exact) mass is 321 g/mol. The molecular formula is C15H19N3O3S. The lowest BCUT2D eigenvalue weighted by molar-refractivity contribution is -0.141. The van der Waals surface area contributed by atoms with Crippen LogP contribution in [0, 0.1) is 0 Å². The highest BCUT2D eigenvalue weighted by atomic mass is 32.1. The van der Waals surface area contributed by atoms with Gasteiger partial charge in [-0.15, -0.1) is 11.3 Å². The van der Waals surface area contributed by atoms with E-state index >= 15 is 0 Å². The summed E-state index contributed by atoms with van der Waals surface area (Å²) in [6, 6.07) is 7.35. The Morgan fingerprint density at radius 3 is 2.64 bits per heavy atom. The number of amides is 1. The molecule has 0 aliphatic heterocycles. The van der Waals surface area contributed by atoms with Crippen LogP contribution in [0.25, 0.3) is 10.2 Å². The summed E-state index contributed by atoms with van der Waals surface area (Å²) in [5.41, 5.74) is 0.930. The Morgan fingerprint density at radius 2 is 2.00 bits per heavy atom. The van der Waals surface area contributed by atoms with Crippen LogP contribution < -0.4 is 0 Å². The number of benzene rings is 1. The number of aromatic nitrogens is 1. The minimum atomic E-state index is -0.948. The van der Waals surface area contributed by atoms with E-state index in [1.54, 1.807) is 37.3 Å². The fourth-order valence-corrected chi connectivity index (χ4v) is 3.15. The van der Waals surface area contributed by atoms with Crippen LogP contribution in [0.1, 0.15) is 11.9 Å². The first-order chi connectivity index (χ1) is 10.4. The lowest BCUT2D eigenvalue weighted by atomic mass is 10.2. The van der Waals surface area contributed by atoms with E-state index in [0.29, 0.717) is 6.54 Å². The van der Waals surface area contributed by atoms with Gasteiger partial charge < -0.3 is 10.0 Å². The summed E-state index contributed by atoms with van der Waals surface area (Å²) in [6.45, 7) is 1.96. The van der Waals surface area contributed by atoms with Crippen molar-refractivity contribution in [1.82, 2.24) is 14.8 Å². The molecule has 0 saturated carbocycles. The fraction of sp³-hybridized carbons (Fsp3) is 0.400. The molecule has 2 aromatic rings. The van der Waals surface area contributed by atoms with Gasteiger partial charge in [-0.2, -0.15) is 0 Å². The van der Waals surface area contributed by atoms with Crippen molar-refractivity contribution in [3.8, 4) is 0 Å². The average Bonchev–Trinajstić information content (AvgIpc) is 2.86. The third-order valence-corrected chi connectivity index (χ3v) is 4.51. The predicted octanol–water partition coefficient (Wildman–Crippen LogP) is 1.66. The summed E-state index contributed by atoms with van der Waals surface area (Å²) in [5, 5.41) is 9.66. The van der Waals surface area contributed by atoms with Crippen LogP contribution in [0.2, 0.25) is 0 Å². The van der Waals surface area contributed by atoms with E-state index < -0.39 is 12.0 Å². The van der Waals surface area contributed by atoms with Crippen molar-refractivity contribution < 1.29 is 14.7 Å². The highest BCUT2D eigenvalue weighted by Gasteiger charge is 2.23. The molecule has 1 amide bonds. The van der Waals surface area contributed by atoms with Crippen LogP contribution in [0.4, 0.5) is 0 Å². The van der Waals surface area contributed by atoms with Gasteiger partial charge in [-0.25, -0.2) is 4.98 Å². The highest BCUT2D eigenvalue weighted by molar-refractivity contribution is 7.18. The van der Waals surface area contributed by atoms with E-state index in [-0.39, 0.29) is 12.5 Å². The Kier molecular flexibility index (Phi) is 5.10. The maximum atomic E-state index is 12.4. The Morgan fingerprint density at radius 1 is 1.32 bits per heavy atom. The van der Waals surface area contributed by atoms with Crippen molar-refractivity contribution in [3.05, 3.63) is 29.3 Å². The summed E-state index contributed by atoms with van der Waals surface area (Å²) in [5.74, 6) is -1.07. The van der Waals surface area contributed by atoms with Gasteiger partial charge in [-0.1, -0.05) is 12.1 Å². The summed E-state index contributed by atoms with van der Waals surface area (Å²) >= 11 is 1.56. The van der Waals surface area contributed by atoms with Gasteiger partial charge in [0, 0.05) is 7.05 Å². The molecule has 22 heavy (non-hydrogen) atoms. The van der Waals surface area contributed by atoms with Crippen LogP contribution in [0.3, 0.4) is 0 Å². The zero-order valence-corrected chi connectivity index (χ0v) is 13.6. The van der Waals surface area contributed by atoms with E-state index in [1.807, 2.05) is 24.3 Å². The van der Waals surface area contributed by atoms with Gasteiger partial charge in [0.1, 0.15) is 5.01 Å². The number of aliphatic carboxylic acids is 1. The largest absolute Gasteiger partial charge is 0.480 e. The van der Waals surface area contributed by atoms with E-state index in [1.165, 1.54) is 4.90 Å². The predicted molar refractivity (Wildman–Crippen MR) is 85.8 cm³/mol. The third kappa shape index (κ3) is 3.80. The van der Waals surface area contributed by atoms with E-state index in [4.69, 9.17) is 5.11 Å². The SMILES string of the molecule is CC(C(=O)N(C)Cc1nc2ccccc2s1)N(C)CC(=O)O. The van der Waals surface area contributed by atoms with Crippen molar-refractivity contribution in [2.45, 2.75) is 19.5 Å². The lowest BCUT2D eigenvalue weighted by Gasteiger charge is -2.26. The summed E-state index contributed by atoms with van der Waals surface area (Å²) in [4.78, 5) is 30.7. The van der Waals surface area contributed by atoms with E-state index in [2.05, 4.69) is 4.98 Å². The number of carbonyl (C=O) groups excluding carboxylic acids is 1. The quantitative estimate of drug-likeness (QED) is 0.876. The normalized spacial score (nSPS) is 12.5. The van der Waals surface area contributed by atoms with Crippen LogP contribution >= 0.6 is 11.3 Å². The number of rotatable bonds is 6. The zero-order valence-electron chi connectivity index (χ0n) is 12.8. The first-order valence-electron chi connectivity index (χ1n) is 6.90. The lowest BCUT2D eigenvalue weighted by Crippen LogP contribution is -2.45. The summed E-state index contributed by atoms with van der Waals surface area (Å²) in [6.07, 6.45) is 0. The number of fused-ring (bicyclic) bond motifs is 1. The molecule has 0 aliphatic rings. The van der Waals surface area contributed by atoms with E-state index in [0.717, 1.165) is 15.2 Å². The maximum absolute atomic E-state index is 12.4. The van der Waals surface area contributed by atoms with Crippen LogP contribution in [-0.4, -0.2) is 58.4 Å². The molecule has 0 spiro atoms. The molecule has 2 rings (SSSR count). The van der Waals surface area contributed by atoms with Gasteiger partial charge in [0.25, 0.3) is 0 Å². The number of carboxylic acid groups (broad SMARTS) is 1. The molecule has 1 unspecified atom stereocenters. The summed E-state index contributed by atoms with van der Waals surface area (Å²) < 4.78 is 1.09. The Labute approximate surface area is 133 Å². The minimum absolute atomic E-state index is 0.122. The molecule has 0 bridgehead atoms. The summed E-state index contributed by atoms with van der Waals surface area (Å²) in [7, 11) is 3.34. The molecule has 1 heterocycles. The van der Waals surface area contributed by atoms with Crippen LogP contribution in [-0.2, 0) is 16.1 Å². The standard InChI is InChI=1S/C15H19N3O3S/c1-10(17(2)9-14(19)20)15(21)18(3)8-13-16-11-6-4-5-7-12(11)22-13/h4-7,10H,8-9H2,1-3H3,(H,19,20). The molecule has 1 atom stereocenters. The van der Waals surface area contributed by atoms with Crippen LogP contribution in [0.5, 0.6) is 0 Å². The van der Waals surface area contributed by atoms with Crippen molar-refractivity contribution in [3.63, 3.8) is 0 Å². The molecule has 0 radical (unpaired) electrons. The van der Waals surface area contributed by atoms with Crippen molar-refractivity contribution in [1.29, 1.82) is 0 Å². The van der Waals surface area contributed by atoms with Gasteiger partial charge in [0.2, 0.25) is 5.91 Å². The molecule has 1 aromatic carbocycles. The number of likely N-dealkylation sites (N-methyl/N-ethyl adjacent to an activating group) is 2. The topological polar surface area (TPSA) is 73.7 Å². The van der Waals surface area contributed by atoms with Gasteiger partial charge in [0.05, 0.1) is 29.3 Å². The number of hydrogen-bond acceptors (Lipinski definition) is 5. The van der Waals surface area contributed by atoms with Gasteiger partial charge in [-0.3, -0.25) is 14.5 Å². The number of thiazole rings is 1. The second-order valence-electron chi connectivity index (χ2n) is 5.25. The van der Waals surface area contributed by atoms with E-state index in [9.17, 15) is 9.59 Å². The fourth-order valence-electron chi connectivity index (χ4n) is 2.13. The van der Waals surface area contributed by atoms with Gasteiger partial charge in [0.15, 0.2) is 0 Å². The van der Waals surface area contributed by atoms with Gasteiger partial charge in [-0.05, 0) is 26.1 Å². The Bertz CT molecular complexity index is 652. The van der Waals surface area contributed by atoms with Gasteiger partial charge >= 0.3 is 5.97 Å². The molecular weight excluding hydrogens is 302 g/mol. The second-order valence-corrected chi connectivity index (χ2v) is 6.37. The zero-order chi connectivity index (χ0) is 16.3. The molecule has 0 saturated heterocycles. The first kappa shape index (κ1) is 16.4.